The summed E-state index contributed by atoms with van der Waals surface area (Å²) in [5.74, 6) is 0. The molecule has 3 heterocycles. The summed E-state index contributed by atoms with van der Waals surface area (Å²) in [5.41, 5.74) is 0. The van der Waals surface area contributed by atoms with E-state index in [0.717, 1.165) is 32.5 Å². The van der Waals surface area contributed by atoms with Gasteiger partial charge in [0.05, 0.1) is 6.20 Å². The van der Waals surface area contributed by atoms with E-state index in [-0.39, 0.29) is 6.03 Å². The third-order valence-corrected chi connectivity index (χ3v) is 3.44. The number of urea groups is 1. The number of carbonyl (C=O) groups excluding carboxylic acids is 1. The van der Waals surface area contributed by atoms with E-state index in [1.165, 1.54) is 6.26 Å². The van der Waals surface area contributed by atoms with Crippen molar-refractivity contribution in [2.24, 2.45) is 0 Å². The summed E-state index contributed by atoms with van der Waals surface area (Å²) in [6.07, 6.45) is 5.13. The number of anilines is 1. The summed E-state index contributed by atoms with van der Waals surface area (Å²) >= 11 is 0. The first kappa shape index (κ1) is 10.6. The Morgan fingerprint density at radius 1 is 1.35 bits per heavy atom. The van der Waals surface area contributed by atoms with E-state index in [4.69, 9.17) is 4.42 Å². The smallest absolute Gasteiger partial charge is 0.328 e. The second-order valence-corrected chi connectivity index (χ2v) is 4.42. The zero-order chi connectivity index (χ0) is 11.7. The minimum atomic E-state index is 0.0272. The first-order chi connectivity index (χ1) is 8.36. The number of hydrogen-bond acceptors (Lipinski definition) is 4. The molecule has 0 saturated carbocycles. The number of carbonyl (C=O) groups is 1. The molecule has 6 heteroatoms. The lowest BCUT2D eigenvalue weighted by molar-refractivity contribution is 0.184. The highest BCUT2D eigenvalue weighted by Crippen LogP contribution is 2.22. The van der Waals surface area contributed by atoms with Crippen molar-refractivity contribution in [1.29, 1.82) is 0 Å². The number of rotatable bonds is 2. The van der Waals surface area contributed by atoms with Gasteiger partial charge in [0.15, 0.2) is 0 Å². The quantitative estimate of drug-likeness (QED) is 0.819. The van der Waals surface area contributed by atoms with Crippen LogP contribution in [-0.4, -0.2) is 48.1 Å². The number of aromatic nitrogens is 1. The van der Waals surface area contributed by atoms with Gasteiger partial charge in [-0.15, -0.1) is 0 Å². The summed E-state index contributed by atoms with van der Waals surface area (Å²) < 4.78 is 5.18. The average molecular weight is 236 g/mol. The van der Waals surface area contributed by atoms with Crippen LogP contribution < -0.4 is 10.2 Å². The van der Waals surface area contributed by atoms with Crippen LogP contribution in [0.1, 0.15) is 12.8 Å². The SMILES string of the molecule is O=C1N(c2ncco2)CCN1C1CCNCC1. The first-order valence-electron chi connectivity index (χ1n) is 6.04. The van der Waals surface area contributed by atoms with Crippen LogP contribution in [0.2, 0.25) is 0 Å². The molecule has 0 unspecified atom stereocenters. The number of oxazole rings is 1. The Balaban J connectivity index is 1.71. The van der Waals surface area contributed by atoms with Gasteiger partial charge >= 0.3 is 12.0 Å². The van der Waals surface area contributed by atoms with Gasteiger partial charge in [-0.25, -0.2) is 14.7 Å². The molecule has 2 aliphatic heterocycles. The maximum absolute atomic E-state index is 12.2. The van der Waals surface area contributed by atoms with Crippen LogP contribution in [0.3, 0.4) is 0 Å². The average Bonchev–Trinajstić information content (AvgIpc) is 2.99. The summed E-state index contributed by atoms with van der Waals surface area (Å²) in [6, 6.07) is 0.800. The molecule has 0 atom stereocenters. The molecule has 0 spiro atoms. The molecule has 1 aromatic rings. The largest absolute Gasteiger partial charge is 0.432 e. The summed E-state index contributed by atoms with van der Waals surface area (Å²) in [5, 5.41) is 3.31. The molecule has 0 aliphatic carbocycles. The first-order valence-corrected chi connectivity index (χ1v) is 6.04. The third-order valence-electron chi connectivity index (χ3n) is 3.44. The van der Waals surface area contributed by atoms with Crippen molar-refractivity contribution in [3.8, 4) is 0 Å². The molecule has 0 radical (unpaired) electrons. The predicted octanol–water partition coefficient (Wildman–Crippen LogP) is 0.669. The van der Waals surface area contributed by atoms with Crippen LogP contribution in [0.4, 0.5) is 10.8 Å². The Bertz CT molecular complexity index is 386. The third kappa shape index (κ3) is 1.88. The van der Waals surface area contributed by atoms with Crippen LogP contribution in [0.15, 0.2) is 16.9 Å². The molecule has 0 aromatic carbocycles. The van der Waals surface area contributed by atoms with Crippen LogP contribution in [0, 0.1) is 0 Å². The van der Waals surface area contributed by atoms with Gasteiger partial charge in [-0.2, -0.15) is 0 Å². The lowest BCUT2D eigenvalue weighted by Gasteiger charge is -2.30. The summed E-state index contributed by atoms with van der Waals surface area (Å²) in [7, 11) is 0. The molecule has 3 rings (SSSR count). The van der Waals surface area contributed by atoms with E-state index in [2.05, 4.69) is 10.3 Å². The van der Waals surface area contributed by atoms with E-state index < -0.39 is 0 Å². The Morgan fingerprint density at radius 2 is 2.18 bits per heavy atom. The van der Waals surface area contributed by atoms with Crippen LogP contribution in [-0.2, 0) is 0 Å². The summed E-state index contributed by atoms with van der Waals surface area (Å²) in [4.78, 5) is 19.8. The van der Waals surface area contributed by atoms with Crippen LogP contribution in [0.25, 0.3) is 0 Å². The molecule has 2 aliphatic rings. The Morgan fingerprint density at radius 3 is 2.88 bits per heavy atom. The van der Waals surface area contributed by atoms with Gasteiger partial charge in [-0.05, 0) is 25.9 Å². The molecule has 2 fully saturated rings. The molecular weight excluding hydrogens is 220 g/mol. The highest BCUT2D eigenvalue weighted by atomic mass is 16.4. The van der Waals surface area contributed by atoms with E-state index >= 15 is 0 Å². The van der Waals surface area contributed by atoms with Gasteiger partial charge < -0.3 is 14.6 Å². The van der Waals surface area contributed by atoms with E-state index in [1.54, 1.807) is 11.1 Å². The fourth-order valence-corrected chi connectivity index (χ4v) is 2.54. The molecule has 2 saturated heterocycles. The molecule has 17 heavy (non-hydrogen) atoms. The number of piperidine rings is 1. The lowest BCUT2D eigenvalue weighted by atomic mass is 10.1. The van der Waals surface area contributed by atoms with Crippen molar-refractivity contribution in [2.75, 3.05) is 31.1 Å². The fraction of sp³-hybridized carbons (Fsp3) is 0.636. The van der Waals surface area contributed by atoms with E-state index in [9.17, 15) is 4.79 Å². The van der Waals surface area contributed by atoms with Gasteiger partial charge in [0.1, 0.15) is 6.26 Å². The monoisotopic (exact) mass is 236 g/mol. The molecular formula is C11H16N4O2. The van der Waals surface area contributed by atoms with Gasteiger partial charge in [0.25, 0.3) is 0 Å². The standard InChI is InChI=1S/C11H16N4O2/c16-11-14(9-1-3-12-4-2-9)6-7-15(11)10-13-5-8-17-10/h5,8-9,12H,1-4,6-7H2. The van der Waals surface area contributed by atoms with Gasteiger partial charge in [-0.1, -0.05) is 0 Å². The molecule has 1 N–H and O–H groups in total. The van der Waals surface area contributed by atoms with Crippen molar-refractivity contribution in [3.63, 3.8) is 0 Å². The minimum Gasteiger partial charge on any atom is -0.432 e. The summed E-state index contributed by atoms with van der Waals surface area (Å²) in [6.45, 7) is 3.43. The topological polar surface area (TPSA) is 61.6 Å². The highest BCUT2D eigenvalue weighted by molar-refractivity contribution is 5.92. The van der Waals surface area contributed by atoms with Gasteiger partial charge in [0.2, 0.25) is 0 Å². The molecule has 2 amide bonds. The van der Waals surface area contributed by atoms with Crippen LogP contribution in [0.5, 0.6) is 0 Å². The Labute approximate surface area is 99.6 Å². The maximum Gasteiger partial charge on any atom is 0.328 e. The van der Waals surface area contributed by atoms with Crippen molar-refractivity contribution in [2.45, 2.75) is 18.9 Å². The molecule has 1 aromatic heterocycles. The van der Waals surface area contributed by atoms with Crippen molar-refractivity contribution in [3.05, 3.63) is 12.5 Å². The Kier molecular flexibility index (Phi) is 2.72. The number of amides is 2. The Hall–Kier alpha value is -1.56. The molecule has 6 nitrogen and oxygen atoms in total. The normalized spacial score (nSPS) is 22.5. The van der Waals surface area contributed by atoms with Crippen molar-refractivity contribution in [1.82, 2.24) is 15.2 Å². The van der Waals surface area contributed by atoms with Crippen molar-refractivity contribution >= 4 is 12.0 Å². The number of nitrogens with zero attached hydrogens (tertiary/aromatic N) is 3. The van der Waals surface area contributed by atoms with Crippen LogP contribution >= 0.6 is 0 Å². The van der Waals surface area contributed by atoms with Crippen molar-refractivity contribution < 1.29 is 9.21 Å². The second-order valence-electron chi connectivity index (χ2n) is 4.42. The second kappa shape index (κ2) is 4.37. The lowest BCUT2D eigenvalue weighted by Crippen LogP contribution is -2.45. The van der Waals surface area contributed by atoms with E-state index in [1.807, 2.05) is 4.90 Å². The molecule has 0 bridgehead atoms. The molecule has 92 valence electrons. The van der Waals surface area contributed by atoms with Gasteiger partial charge in [-0.3, -0.25) is 0 Å². The zero-order valence-corrected chi connectivity index (χ0v) is 9.63. The zero-order valence-electron chi connectivity index (χ0n) is 9.63. The maximum atomic E-state index is 12.2. The highest BCUT2D eigenvalue weighted by Gasteiger charge is 2.36. The number of hydrogen-bond donors (Lipinski definition) is 1. The number of nitrogens with one attached hydrogen (secondary N) is 1. The fourth-order valence-electron chi connectivity index (χ4n) is 2.54. The predicted molar refractivity (Wildman–Crippen MR) is 61.8 cm³/mol. The van der Waals surface area contributed by atoms with E-state index in [0.29, 0.717) is 18.6 Å². The minimum absolute atomic E-state index is 0.0272. The van der Waals surface area contributed by atoms with Gasteiger partial charge in [0, 0.05) is 19.1 Å².